The molecule has 0 spiro atoms. The first-order valence-corrected chi connectivity index (χ1v) is 5.72. The van der Waals surface area contributed by atoms with E-state index in [2.05, 4.69) is 15.0 Å². The summed E-state index contributed by atoms with van der Waals surface area (Å²) in [4.78, 5) is 12.8. The second-order valence-electron chi connectivity index (χ2n) is 4.01. The Labute approximate surface area is 105 Å². The van der Waals surface area contributed by atoms with Crippen molar-refractivity contribution in [1.29, 1.82) is 0 Å². The van der Waals surface area contributed by atoms with Crippen LogP contribution in [-0.2, 0) is 0 Å². The minimum atomic E-state index is -0.357. The third-order valence-corrected chi connectivity index (χ3v) is 2.86. The number of aromatic nitrogens is 3. The first kappa shape index (κ1) is 10.8. The molecule has 18 heavy (non-hydrogen) atoms. The molecule has 0 aliphatic heterocycles. The fourth-order valence-corrected chi connectivity index (χ4v) is 1.99. The molecule has 1 atom stereocenters. The third-order valence-electron chi connectivity index (χ3n) is 2.86. The van der Waals surface area contributed by atoms with E-state index in [9.17, 15) is 0 Å². The molecule has 1 unspecified atom stereocenters. The number of hydrogen-bond donors (Lipinski definition) is 1. The molecule has 2 N–H and O–H groups in total. The Balaban J connectivity index is 2.15. The van der Waals surface area contributed by atoms with Gasteiger partial charge in [-0.15, -0.1) is 0 Å². The van der Waals surface area contributed by atoms with Crippen LogP contribution < -0.4 is 5.73 Å². The van der Waals surface area contributed by atoms with Gasteiger partial charge >= 0.3 is 0 Å². The topological polar surface area (TPSA) is 64.7 Å². The fourth-order valence-electron chi connectivity index (χ4n) is 1.99. The Hall–Kier alpha value is -2.33. The quantitative estimate of drug-likeness (QED) is 0.739. The Bertz CT molecular complexity index is 661. The zero-order valence-electron chi connectivity index (χ0n) is 9.69. The number of fused-ring (bicyclic) bond motifs is 1. The summed E-state index contributed by atoms with van der Waals surface area (Å²) in [7, 11) is 0. The van der Waals surface area contributed by atoms with Gasteiger partial charge in [-0.1, -0.05) is 24.3 Å². The van der Waals surface area contributed by atoms with Gasteiger partial charge in [-0.2, -0.15) is 0 Å². The molecule has 0 fully saturated rings. The number of nitrogens with two attached hydrogens (primary N) is 1. The molecule has 2 heterocycles. The van der Waals surface area contributed by atoms with Crippen LogP contribution in [0.3, 0.4) is 0 Å². The Morgan fingerprint density at radius 1 is 0.833 bits per heavy atom. The van der Waals surface area contributed by atoms with E-state index in [0.29, 0.717) is 5.82 Å². The summed E-state index contributed by atoms with van der Waals surface area (Å²) in [6, 6.07) is 11.3. The smallest absolute Gasteiger partial charge is 0.149 e. The lowest BCUT2D eigenvalue weighted by atomic mass is 10.0. The molecule has 2 aromatic heterocycles. The Kier molecular flexibility index (Phi) is 2.70. The average molecular weight is 236 g/mol. The minimum Gasteiger partial charge on any atom is -0.318 e. The van der Waals surface area contributed by atoms with Gasteiger partial charge in [-0.25, -0.2) is 9.97 Å². The van der Waals surface area contributed by atoms with Crippen LogP contribution in [0.4, 0.5) is 0 Å². The van der Waals surface area contributed by atoms with Crippen LogP contribution in [0.25, 0.3) is 10.9 Å². The number of benzene rings is 1. The molecule has 4 heteroatoms. The second-order valence-corrected chi connectivity index (χ2v) is 4.01. The highest BCUT2D eigenvalue weighted by atomic mass is 14.9. The summed E-state index contributed by atoms with van der Waals surface area (Å²) in [5.74, 6) is 0.607. The van der Waals surface area contributed by atoms with E-state index in [1.165, 1.54) is 0 Å². The van der Waals surface area contributed by atoms with Crippen molar-refractivity contribution >= 4 is 10.9 Å². The van der Waals surface area contributed by atoms with Crippen LogP contribution in [0.1, 0.15) is 17.4 Å². The molecular weight excluding hydrogens is 224 g/mol. The van der Waals surface area contributed by atoms with Crippen LogP contribution in [0.2, 0.25) is 0 Å². The van der Waals surface area contributed by atoms with E-state index in [4.69, 9.17) is 5.73 Å². The molecule has 1 aromatic carbocycles. The van der Waals surface area contributed by atoms with E-state index in [1.807, 2.05) is 30.3 Å². The van der Waals surface area contributed by atoms with Gasteiger partial charge in [0.25, 0.3) is 0 Å². The molecule has 0 aliphatic rings. The third kappa shape index (κ3) is 1.83. The van der Waals surface area contributed by atoms with Crippen molar-refractivity contribution in [2.24, 2.45) is 5.73 Å². The van der Waals surface area contributed by atoms with Gasteiger partial charge in [-0.3, -0.25) is 4.98 Å². The number of nitrogens with zero attached hydrogens (tertiary/aromatic N) is 3. The highest BCUT2D eigenvalue weighted by Crippen LogP contribution is 2.23. The predicted octanol–water partition coefficient (Wildman–Crippen LogP) is 2.07. The van der Waals surface area contributed by atoms with E-state index >= 15 is 0 Å². The van der Waals surface area contributed by atoms with E-state index in [-0.39, 0.29) is 6.04 Å². The molecule has 3 aromatic rings. The van der Waals surface area contributed by atoms with Crippen molar-refractivity contribution in [3.05, 3.63) is 66.4 Å². The molecule has 88 valence electrons. The molecule has 0 bridgehead atoms. The monoisotopic (exact) mass is 236 g/mol. The van der Waals surface area contributed by atoms with Crippen molar-refractivity contribution in [3.8, 4) is 0 Å². The van der Waals surface area contributed by atoms with Gasteiger partial charge in [-0.05, 0) is 12.1 Å². The second kappa shape index (κ2) is 4.50. The maximum atomic E-state index is 6.22. The lowest BCUT2D eigenvalue weighted by Crippen LogP contribution is -2.15. The van der Waals surface area contributed by atoms with Crippen LogP contribution in [0.5, 0.6) is 0 Å². The Morgan fingerprint density at radius 3 is 2.39 bits per heavy atom. The number of para-hydroxylation sites is 1. The fraction of sp³-hybridized carbons (Fsp3) is 0.0714. The van der Waals surface area contributed by atoms with Gasteiger partial charge in [0.15, 0.2) is 0 Å². The van der Waals surface area contributed by atoms with Crippen LogP contribution in [0.15, 0.2) is 55.0 Å². The highest BCUT2D eigenvalue weighted by Gasteiger charge is 2.14. The highest BCUT2D eigenvalue weighted by molar-refractivity contribution is 5.82. The van der Waals surface area contributed by atoms with E-state index < -0.39 is 0 Å². The molecular formula is C14H12N4. The summed E-state index contributed by atoms with van der Waals surface area (Å²) in [5.41, 5.74) is 8.06. The normalized spacial score (nSPS) is 12.5. The first-order chi connectivity index (χ1) is 8.86. The standard InChI is InChI=1S/C14H12N4/c15-12(14-17-8-3-9-18-14)11-6-1-4-10-5-2-7-16-13(10)11/h1-9,12H,15H2. The van der Waals surface area contributed by atoms with Crippen LogP contribution >= 0.6 is 0 Å². The summed E-state index contributed by atoms with van der Waals surface area (Å²) in [6.45, 7) is 0. The Morgan fingerprint density at radius 2 is 1.56 bits per heavy atom. The summed E-state index contributed by atoms with van der Waals surface area (Å²) in [6.07, 6.45) is 5.16. The number of hydrogen-bond acceptors (Lipinski definition) is 4. The van der Waals surface area contributed by atoms with Crippen molar-refractivity contribution < 1.29 is 0 Å². The molecule has 3 rings (SSSR count). The van der Waals surface area contributed by atoms with Crippen LogP contribution in [-0.4, -0.2) is 15.0 Å². The lowest BCUT2D eigenvalue weighted by molar-refractivity contribution is 0.785. The van der Waals surface area contributed by atoms with Crippen molar-refractivity contribution in [2.45, 2.75) is 6.04 Å². The first-order valence-electron chi connectivity index (χ1n) is 5.72. The van der Waals surface area contributed by atoms with Gasteiger partial charge in [0.1, 0.15) is 5.82 Å². The molecule has 4 nitrogen and oxygen atoms in total. The van der Waals surface area contributed by atoms with Gasteiger partial charge < -0.3 is 5.73 Å². The lowest BCUT2D eigenvalue weighted by Gasteiger charge is -2.12. The largest absolute Gasteiger partial charge is 0.318 e. The van der Waals surface area contributed by atoms with Gasteiger partial charge in [0, 0.05) is 29.5 Å². The number of pyridine rings is 1. The van der Waals surface area contributed by atoms with E-state index in [1.54, 1.807) is 24.7 Å². The van der Waals surface area contributed by atoms with E-state index in [0.717, 1.165) is 16.5 Å². The van der Waals surface area contributed by atoms with Gasteiger partial charge in [0.2, 0.25) is 0 Å². The maximum absolute atomic E-state index is 6.22. The summed E-state index contributed by atoms with van der Waals surface area (Å²) < 4.78 is 0. The van der Waals surface area contributed by atoms with Crippen molar-refractivity contribution in [1.82, 2.24) is 15.0 Å². The minimum absolute atomic E-state index is 0.357. The van der Waals surface area contributed by atoms with Crippen molar-refractivity contribution in [3.63, 3.8) is 0 Å². The van der Waals surface area contributed by atoms with Crippen LogP contribution in [0, 0.1) is 0 Å². The zero-order valence-corrected chi connectivity index (χ0v) is 9.69. The maximum Gasteiger partial charge on any atom is 0.149 e. The molecule has 0 aliphatic carbocycles. The summed E-state index contributed by atoms with van der Waals surface area (Å²) >= 11 is 0. The molecule has 0 radical (unpaired) electrons. The molecule has 0 saturated heterocycles. The SMILES string of the molecule is NC(c1ncccn1)c1cccc2cccnc12. The predicted molar refractivity (Wildman–Crippen MR) is 69.8 cm³/mol. The van der Waals surface area contributed by atoms with Crippen molar-refractivity contribution in [2.75, 3.05) is 0 Å². The number of rotatable bonds is 2. The molecule has 0 amide bonds. The average Bonchev–Trinajstić information content (AvgIpc) is 2.47. The summed E-state index contributed by atoms with van der Waals surface area (Å²) in [5, 5.41) is 1.07. The molecule has 0 saturated carbocycles. The van der Waals surface area contributed by atoms with Gasteiger partial charge in [0.05, 0.1) is 11.6 Å². The zero-order chi connectivity index (χ0) is 12.4.